The predicted molar refractivity (Wildman–Crippen MR) is 247 cm³/mol. The Morgan fingerprint density at radius 3 is 1.32 bits per heavy atom. The highest BCUT2D eigenvalue weighted by Gasteiger charge is 2.26. The van der Waals surface area contributed by atoms with E-state index in [2.05, 4.69) is 38.2 Å². The second-order valence-electron chi connectivity index (χ2n) is 16.7. The van der Waals surface area contributed by atoms with Gasteiger partial charge in [0.15, 0.2) is 6.10 Å². The Bertz CT molecular complexity index is 1020. The molecular weight excluding hydrogens is 762 g/mol. The van der Waals surface area contributed by atoms with E-state index >= 15 is 0 Å². The normalized spacial score (nSPS) is 13.4. The molecule has 348 valence electrons. The maximum absolute atomic E-state index is 12.6. The molecule has 0 spiro atoms. The molecule has 0 aromatic heterocycles. The number of nitrogens with two attached hydrogens (primary N) is 1. The molecule has 0 bridgehead atoms. The summed E-state index contributed by atoms with van der Waals surface area (Å²) in [7, 11) is -4.38. The van der Waals surface area contributed by atoms with Crippen LogP contribution in [0.3, 0.4) is 0 Å². The van der Waals surface area contributed by atoms with Crippen molar-refractivity contribution in [1.82, 2.24) is 0 Å². The van der Waals surface area contributed by atoms with Crippen molar-refractivity contribution < 1.29 is 37.6 Å². The fraction of sp³-hybridized carbons (Fsp3) is 0.878. The van der Waals surface area contributed by atoms with Crippen LogP contribution in [0.15, 0.2) is 24.3 Å². The molecule has 0 aromatic rings. The van der Waals surface area contributed by atoms with Gasteiger partial charge in [0.2, 0.25) is 0 Å². The fourth-order valence-corrected chi connectivity index (χ4v) is 7.90. The van der Waals surface area contributed by atoms with Gasteiger partial charge in [-0.3, -0.25) is 18.6 Å². The molecule has 0 rings (SSSR count). The van der Waals surface area contributed by atoms with Gasteiger partial charge < -0.3 is 20.1 Å². The lowest BCUT2D eigenvalue weighted by Crippen LogP contribution is -2.29. The van der Waals surface area contributed by atoms with Crippen LogP contribution in [0.1, 0.15) is 245 Å². The number of phosphoric ester groups is 1. The monoisotopic (exact) mass is 856 g/mol. The van der Waals surface area contributed by atoms with Crippen molar-refractivity contribution in [1.29, 1.82) is 0 Å². The van der Waals surface area contributed by atoms with E-state index < -0.39 is 32.5 Å². The lowest BCUT2D eigenvalue weighted by molar-refractivity contribution is -0.161. The first kappa shape index (κ1) is 57.5. The number of ether oxygens (including phenoxy) is 2. The average Bonchev–Trinajstić information content (AvgIpc) is 3.22. The summed E-state index contributed by atoms with van der Waals surface area (Å²) >= 11 is 0. The molecule has 0 aliphatic heterocycles. The third-order valence-corrected chi connectivity index (χ3v) is 11.8. The maximum Gasteiger partial charge on any atom is 0.472 e. The number of esters is 2. The van der Waals surface area contributed by atoms with Crippen molar-refractivity contribution in [2.45, 2.75) is 251 Å². The van der Waals surface area contributed by atoms with Crippen LogP contribution >= 0.6 is 7.82 Å². The number of carbonyl (C=O) groups is 2. The number of allylic oxidation sites excluding steroid dienone is 4. The van der Waals surface area contributed by atoms with Gasteiger partial charge in [-0.1, -0.05) is 212 Å². The van der Waals surface area contributed by atoms with Crippen molar-refractivity contribution in [2.24, 2.45) is 5.73 Å². The van der Waals surface area contributed by atoms with E-state index in [1.165, 1.54) is 154 Å². The molecule has 0 heterocycles. The van der Waals surface area contributed by atoms with Gasteiger partial charge in [0.05, 0.1) is 13.2 Å². The van der Waals surface area contributed by atoms with Gasteiger partial charge in [0.1, 0.15) is 6.61 Å². The topological polar surface area (TPSA) is 134 Å². The van der Waals surface area contributed by atoms with Crippen molar-refractivity contribution in [3.63, 3.8) is 0 Å². The molecule has 0 radical (unpaired) electrons. The summed E-state index contributed by atoms with van der Waals surface area (Å²) in [5, 5.41) is 0. The van der Waals surface area contributed by atoms with E-state index in [0.29, 0.717) is 6.42 Å². The number of unbranched alkanes of at least 4 members (excludes halogenated alkanes) is 30. The Labute approximate surface area is 363 Å². The standard InChI is InChI=1S/C49H94NO8P/c1-3-5-7-9-11-13-15-17-19-20-21-22-23-24-25-26-28-30-32-34-36-38-40-42-49(52)58-47(46-57-59(53,54)56-44-43-50)45-55-48(51)41-39-37-35-33-31-29-27-18-16-14-12-10-8-6-4-2/h12,14,18,27,47H,3-11,13,15-17,19-26,28-46,50H2,1-2H3,(H,53,54)/b14-12+,27-18+/t47-/m1/s1. The van der Waals surface area contributed by atoms with Crippen LogP contribution in [0.25, 0.3) is 0 Å². The maximum atomic E-state index is 12.6. The molecule has 0 saturated carbocycles. The van der Waals surface area contributed by atoms with Crippen LogP contribution in [0, 0.1) is 0 Å². The lowest BCUT2D eigenvalue weighted by Gasteiger charge is -2.19. The number of carbonyl (C=O) groups excluding carboxylic acids is 2. The van der Waals surface area contributed by atoms with Crippen LogP contribution < -0.4 is 5.73 Å². The summed E-state index contributed by atoms with van der Waals surface area (Å²) in [6.45, 7) is 3.73. The van der Waals surface area contributed by atoms with E-state index in [-0.39, 0.29) is 32.6 Å². The molecule has 3 N–H and O–H groups in total. The van der Waals surface area contributed by atoms with Gasteiger partial charge in [-0.25, -0.2) is 4.57 Å². The highest BCUT2D eigenvalue weighted by Crippen LogP contribution is 2.43. The summed E-state index contributed by atoms with van der Waals surface area (Å²) in [4.78, 5) is 35.0. The Morgan fingerprint density at radius 1 is 0.508 bits per heavy atom. The van der Waals surface area contributed by atoms with E-state index in [0.717, 1.165) is 57.8 Å². The largest absolute Gasteiger partial charge is 0.472 e. The van der Waals surface area contributed by atoms with Crippen LogP contribution in [0.5, 0.6) is 0 Å². The van der Waals surface area contributed by atoms with Crippen molar-refractivity contribution in [2.75, 3.05) is 26.4 Å². The minimum Gasteiger partial charge on any atom is -0.462 e. The zero-order valence-corrected chi connectivity index (χ0v) is 39.4. The summed E-state index contributed by atoms with van der Waals surface area (Å²) in [6, 6.07) is 0. The van der Waals surface area contributed by atoms with Gasteiger partial charge in [0, 0.05) is 19.4 Å². The molecule has 0 amide bonds. The Kier molecular flexibility index (Phi) is 44.8. The van der Waals surface area contributed by atoms with Gasteiger partial charge in [-0.2, -0.15) is 0 Å². The summed E-state index contributed by atoms with van der Waals surface area (Å²) < 4.78 is 32.9. The molecule has 0 saturated heterocycles. The van der Waals surface area contributed by atoms with Crippen LogP contribution in [-0.2, 0) is 32.7 Å². The first-order valence-corrected chi connectivity index (χ1v) is 26.3. The molecule has 2 atom stereocenters. The molecular formula is C49H94NO8P. The summed E-state index contributed by atoms with van der Waals surface area (Å²) in [5.41, 5.74) is 5.36. The molecule has 1 unspecified atom stereocenters. The molecule has 0 fully saturated rings. The zero-order chi connectivity index (χ0) is 43.2. The second-order valence-corrected chi connectivity index (χ2v) is 18.1. The minimum atomic E-state index is -4.38. The highest BCUT2D eigenvalue weighted by molar-refractivity contribution is 7.47. The molecule has 0 aliphatic rings. The SMILES string of the molecule is CCCCC/C=C/C/C=C/CCCCCCCC(=O)OC[C@H](COP(=O)(O)OCCN)OC(=O)CCCCCCCCCCCCCCCCCCCCCCCCC. The van der Waals surface area contributed by atoms with Crippen molar-refractivity contribution in [3.8, 4) is 0 Å². The lowest BCUT2D eigenvalue weighted by atomic mass is 10.0. The first-order valence-electron chi connectivity index (χ1n) is 24.8. The van der Waals surface area contributed by atoms with Crippen molar-refractivity contribution in [3.05, 3.63) is 24.3 Å². The first-order chi connectivity index (χ1) is 28.8. The smallest absolute Gasteiger partial charge is 0.462 e. The average molecular weight is 856 g/mol. The fourth-order valence-electron chi connectivity index (χ4n) is 7.14. The summed E-state index contributed by atoms with van der Waals surface area (Å²) in [6.07, 6.45) is 50.7. The van der Waals surface area contributed by atoms with Gasteiger partial charge in [-0.15, -0.1) is 0 Å². The zero-order valence-electron chi connectivity index (χ0n) is 38.5. The van der Waals surface area contributed by atoms with Crippen molar-refractivity contribution >= 4 is 19.8 Å². The molecule has 9 nitrogen and oxygen atoms in total. The number of phosphoric acid groups is 1. The van der Waals surface area contributed by atoms with Crippen LogP contribution in [0.2, 0.25) is 0 Å². The Hall–Kier alpha value is -1.51. The predicted octanol–water partition coefficient (Wildman–Crippen LogP) is 14.7. The summed E-state index contributed by atoms with van der Waals surface area (Å²) in [5.74, 6) is -0.833. The van der Waals surface area contributed by atoms with E-state index in [4.69, 9.17) is 24.3 Å². The van der Waals surface area contributed by atoms with Crippen LogP contribution in [0.4, 0.5) is 0 Å². The van der Waals surface area contributed by atoms with Crippen LogP contribution in [-0.4, -0.2) is 49.3 Å². The third-order valence-electron chi connectivity index (χ3n) is 10.8. The highest BCUT2D eigenvalue weighted by atomic mass is 31.2. The quantitative estimate of drug-likeness (QED) is 0.0265. The Morgan fingerprint density at radius 2 is 0.881 bits per heavy atom. The molecule has 0 aromatic carbocycles. The number of rotatable bonds is 47. The Balaban J connectivity index is 4.02. The van der Waals surface area contributed by atoms with Gasteiger partial charge in [0.25, 0.3) is 0 Å². The van der Waals surface area contributed by atoms with Gasteiger partial charge >= 0.3 is 19.8 Å². The van der Waals surface area contributed by atoms with E-state index in [1.807, 2.05) is 0 Å². The number of hydrogen-bond acceptors (Lipinski definition) is 8. The molecule has 59 heavy (non-hydrogen) atoms. The minimum absolute atomic E-state index is 0.0532. The third kappa shape index (κ3) is 45.8. The number of hydrogen-bond donors (Lipinski definition) is 2. The van der Waals surface area contributed by atoms with E-state index in [9.17, 15) is 19.0 Å². The molecule has 10 heteroatoms. The van der Waals surface area contributed by atoms with Gasteiger partial charge in [-0.05, 0) is 44.9 Å². The molecule has 0 aliphatic carbocycles. The van der Waals surface area contributed by atoms with E-state index in [1.54, 1.807) is 0 Å². The second kappa shape index (κ2) is 46.0.